The van der Waals surface area contributed by atoms with Crippen molar-refractivity contribution in [3.63, 3.8) is 0 Å². The number of anilines is 1. The number of urea groups is 1. The van der Waals surface area contributed by atoms with Crippen molar-refractivity contribution in [2.24, 2.45) is 0 Å². The molecule has 2 N–H and O–H groups in total. The molecule has 1 aromatic carbocycles. The van der Waals surface area contributed by atoms with E-state index in [1.807, 2.05) is 25.1 Å². The average Bonchev–Trinajstić information content (AvgIpc) is 2.70. The van der Waals surface area contributed by atoms with E-state index < -0.39 is 0 Å². The van der Waals surface area contributed by atoms with Gasteiger partial charge in [-0.3, -0.25) is 5.32 Å². The number of hydrogen-bond acceptors (Lipinski definition) is 4. The van der Waals surface area contributed by atoms with Gasteiger partial charge < -0.3 is 10.1 Å². The molecular formula is C11H13N3O2S. The number of benzene rings is 1. The SMILES string of the molecule is CCNC(=O)Nc1nc2c(OC)cccc2s1. The molecule has 1 heterocycles. The predicted octanol–water partition coefficient (Wildman–Crippen LogP) is 2.45. The third kappa shape index (κ3) is 2.47. The topological polar surface area (TPSA) is 63.2 Å². The van der Waals surface area contributed by atoms with E-state index in [9.17, 15) is 4.79 Å². The lowest BCUT2D eigenvalue weighted by atomic mass is 10.3. The summed E-state index contributed by atoms with van der Waals surface area (Å²) in [5.41, 5.74) is 0.770. The quantitative estimate of drug-likeness (QED) is 0.880. The lowest BCUT2D eigenvalue weighted by molar-refractivity contribution is 0.252. The second kappa shape index (κ2) is 5.01. The van der Waals surface area contributed by atoms with Gasteiger partial charge in [0.15, 0.2) is 5.13 Å². The van der Waals surface area contributed by atoms with Crippen LogP contribution in [0.2, 0.25) is 0 Å². The fourth-order valence-corrected chi connectivity index (χ4v) is 2.32. The number of carbonyl (C=O) groups is 1. The van der Waals surface area contributed by atoms with Gasteiger partial charge in [0, 0.05) is 6.54 Å². The average molecular weight is 251 g/mol. The van der Waals surface area contributed by atoms with Gasteiger partial charge in [-0.05, 0) is 19.1 Å². The van der Waals surface area contributed by atoms with Crippen molar-refractivity contribution in [1.82, 2.24) is 10.3 Å². The van der Waals surface area contributed by atoms with Crippen LogP contribution in [0.25, 0.3) is 10.2 Å². The normalized spacial score (nSPS) is 10.2. The minimum Gasteiger partial charge on any atom is -0.494 e. The summed E-state index contributed by atoms with van der Waals surface area (Å²) < 4.78 is 6.19. The fraction of sp³-hybridized carbons (Fsp3) is 0.273. The van der Waals surface area contributed by atoms with E-state index in [1.54, 1.807) is 7.11 Å². The number of amides is 2. The van der Waals surface area contributed by atoms with Gasteiger partial charge in [0.1, 0.15) is 11.3 Å². The molecule has 0 unspecified atom stereocenters. The van der Waals surface area contributed by atoms with Crippen LogP contribution in [-0.2, 0) is 0 Å². The molecule has 0 radical (unpaired) electrons. The first-order chi connectivity index (χ1) is 8.24. The zero-order valence-corrected chi connectivity index (χ0v) is 10.4. The van der Waals surface area contributed by atoms with Crippen LogP contribution in [0.5, 0.6) is 5.75 Å². The first kappa shape index (κ1) is 11.7. The van der Waals surface area contributed by atoms with Crippen molar-refractivity contribution in [3.05, 3.63) is 18.2 Å². The Bertz CT molecular complexity index is 538. The highest BCUT2D eigenvalue weighted by Gasteiger charge is 2.09. The molecule has 0 atom stereocenters. The Morgan fingerprint density at radius 1 is 1.53 bits per heavy atom. The molecule has 2 amide bonds. The molecule has 90 valence electrons. The van der Waals surface area contributed by atoms with Gasteiger partial charge in [-0.2, -0.15) is 0 Å². The number of hydrogen-bond donors (Lipinski definition) is 2. The number of carbonyl (C=O) groups excluding carboxylic acids is 1. The Balaban J connectivity index is 2.28. The molecule has 0 spiro atoms. The molecule has 2 rings (SSSR count). The third-order valence-electron chi connectivity index (χ3n) is 2.16. The number of para-hydroxylation sites is 1. The summed E-state index contributed by atoms with van der Waals surface area (Å²) >= 11 is 1.42. The van der Waals surface area contributed by atoms with Crippen LogP contribution in [-0.4, -0.2) is 24.7 Å². The molecule has 2 aromatic rings. The van der Waals surface area contributed by atoms with Crippen molar-refractivity contribution in [2.45, 2.75) is 6.92 Å². The Kier molecular flexibility index (Phi) is 3.43. The summed E-state index contributed by atoms with van der Waals surface area (Å²) in [5.74, 6) is 0.711. The van der Waals surface area contributed by atoms with E-state index in [0.29, 0.717) is 17.4 Å². The molecule has 0 saturated carbocycles. The van der Waals surface area contributed by atoms with Gasteiger partial charge in [-0.1, -0.05) is 17.4 Å². The predicted molar refractivity (Wildman–Crippen MR) is 68.9 cm³/mol. The Labute approximate surface area is 103 Å². The lowest BCUT2D eigenvalue weighted by Gasteiger charge is -2.00. The number of fused-ring (bicyclic) bond motifs is 1. The second-order valence-corrected chi connectivity index (χ2v) is 4.34. The highest BCUT2D eigenvalue weighted by atomic mass is 32.1. The molecule has 0 bridgehead atoms. The highest BCUT2D eigenvalue weighted by molar-refractivity contribution is 7.22. The number of nitrogens with one attached hydrogen (secondary N) is 2. The van der Waals surface area contributed by atoms with Gasteiger partial charge in [0.25, 0.3) is 0 Å². The van der Waals surface area contributed by atoms with E-state index >= 15 is 0 Å². The standard InChI is InChI=1S/C11H13N3O2S/c1-3-12-10(15)14-11-13-9-7(16-2)5-4-6-8(9)17-11/h4-6H,3H2,1-2H3,(H2,12,13,14,15). The summed E-state index contributed by atoms with van der Waals surface area (Å²) in [6.07, 6.45) is 0. The number of nitrogens with zero attached hydrogens (tertiary/aromatic N) is 1. The number of aromatic nitrogens is 1. The summed E-state index contributed by atoms with van der Waals surface area (Å²) in [6, 6.07) is 5.44. The van der Waals surface area contributed by atoms with Crippen LogP contribution >= 0.6 is 11.3 Å². The Morgan fingerprint density at radius 2 is 2.35 bits per heavy atom. The van der Waals surface area contributed by atoms with Crippen LogP contribution in [0.1, 0.15) is 6.92 Å². The molecule has 6 heteroatoms. The molecule has 0 fully saturated rings. The zero-order chi connectivity index (χ0) is 12.3. The van der Waals surface area contributed by atoms with Crippen LogP contribution in [0.4, 0.5) is 9.93 Å². The van der Waals surface area contributed by atoms with E-state index in [1.165, 1.54) is 11.3 Å². The van der Waals surface area contributed by atoms with Crippen LogP contribution in [0, 0.1) is 0 Å². The molecule has 0 saturated heterocycles. The minimum absolute atomic E-state index is 0.245. The third-order valence-corrected chi connectivity index (χ3v) is 3.10. The fourth-order valence-electron chi connectivity index (χ4n) is 1.44. The van der Waals surface area contributed by atoms with Gasteiger partial charge in [0.2, 0.25) is 0 Å². The maximum absolute atomic E-state index is 11.4. The largest absolute Gasteiger partial charge is 0.494 e. The monoisotopic (exact) mass is 251 g/mol. The minimum atomic E-state index is -0.245. The van der Waals surface area contributed by atoms with Crippen molar-refractivity contribution in [1.29, 1.82) is 0 Å². The number of thiazole rings is 1. The summed E-state index contributed by atoms with van der Waals surface area (Å²) in [5, 5.41) is 5.90. The first-order valence-electron chi connectivity index (χ1n) is 5.23. The van der Waals surface area contributed by atoms with Gasteiger partial charge in [-0.25, -0.2) is 9.78 Å². The van der Waals surface area contributed by atoms with Crippen LogP contribution in [0.15, 0.2) is 18.2 Å². The summed E-state index contributed by atoms with van der Waals surface area (Å²) in [4.78, 5) is 15.7. The number of methoxy groups -OCH3 is 1. The van der Waals surface area contributed by atoms with Crippen molar-refractivity contribution < 1.29 is 9.53 Å². The maximum Gasteiger partial charge on any atom is 0.321 e. The Morgan fingerprint density at radius 3 is 3.06 bits per heavy atom. The molecule has 0 aliphatic carbocycles. The van der Waals surface area contributed by atoms with Crippen molar-refractivity contribution in [2.75, 3.05) is 19.0 Å². The second-order valence-electron chi connectivity index (χ2n) is 3.31. The summed E-state index contributed by atoms with van der Waals surface area (Å²) in [7, 11) is 1.60. The van der Waals surface area contributed by atoms with Crippen molar-refractivity contribution in [3.8, 4) is 5.75 Å². The molecule has 0 aliphatic heterocycles. The molecule has 1 aromatic heterocycles. The first-order valence-corrected chi connectivity index (χ1v) is 6.04. The van der Waals surface area contributed by atoms with Gasteiger partial charge in [0.05, 0.1) is 11.8 Å². The van der Waals surface area contributed by atoms with Gasteiger partial charge >= 0.3 is 6.03 Å². The van der Waals surface area contributed by atoms with E-state index in [0.717, 1.165) is 10.2 Å². The van der Waals surface area contributed by atoms with Crippen LogP contribution < -0.4 is 15.4 Å². The highest BCUT2D eigenvalue weighted by Crippen LogP contribution is 2.31. The molecular weight excluding hydrogens is 238 g/mol. The van der Waals surface area contributed by atoms with Gasteiger partial charge in [-0.15, -0.1) is 0 Å². The van der Waals surface area contributed by atoms with E-state index in [4.69, 9.17) is 4.74 Å². The van der Waals surface area contributed by atoms with Crippen molar-refractivity contribution >= 4 is 32.7 Å². The molecule has 0 aliphatic rings. The zero-order valence-electron chi connectivity index (χ0n) is 9.61. The Hall–Kier alpha value is -1.82. The molecule has 17 heavy (non-hydrogen) atoms. The molecule has 5 nitrogen and oxygen atoms in total. The van der Waals surface area contributed by atoms with E-state index in [-0.39, 0.29) is 6.03 Å². The lowest BCUT2D eigenvalue weighted by Crippen LogP contribution is -2.28. The van der Waals surface area contributed by atoms with E-state index in [2.05, 4.69) is 15.6 Å². The smallest absolute Gasteiger partial charge is 0.321 e. The van der Waals surface area contributed by atoms with Crippen LogP contribution in [0.3, 0.4) is 0 Å². The number of rotatable bonds is 3. The number of ether oxygens (including phenoxy) is 1. The maximum atomic E-state index is 11.4. The summed E-state index contributed by atoms with van der Waals surface area (Å²) in [6.45, 7) is 2.45.